The molecule has 1 aliphatic heterocycles. The van der Waals surface area contributed by atoms with Gasteiger partial charge in [-0.3, -0.25) is 0 Å². The van der Waals surface area contributed by atoms with Gasteiger partial charge in [0.15, 0.2) is 0 Å². The number of hydrogen-bond acceptors (Lipinski definition) is 2. The zero-order valence-electron chi connectivity index (χ0n) is 9.51. The van der Waals surface area contributed by atoms with Crippen LogP contribution in [0.4, 0.5) is 0 Å². The highest BCUT2D eigenvalue weighted by Gasteiger charge is 2.29. The van der Waals surface area contributed by atoms with Gasteiger partial charge in [-0.05, 0) is 32.2 Å². The first-order valence-corrected chi connectivity index (χ1v) is 6.37. The molecule has 4 nitrogen and oxygen atoms in total. The van der Waals surface area contributed by atoms with Crippen molar-refractivity contribution < 1.29 is 0 Å². The van der Waals surface area contributed by atoms with E-state index in [1.165, 1.54) is 37.8 Å². The van der Waals surface area contributed by atoms with Gasteiger partial charge in [0, 0.05) is 29.8 Å². The summed E-state index contributed by atoms with van der Waals surface area (Å²) in [4.78, 5) is 17.3. The lowest BCUT2D eigenvalue weighted by Gasteiger charge is -2.23. The van der Waals surface area contributed by atoms with Crippen molar-refractivity contribution in [2.45, 2.75) is 50.5 Å². The molecular formula is C12H19N3O. The summed E-state index contributed by atoms with van der Waals surface area (Å²) in [6.07, 6.45) is 7.28. The number of hydrogen-bond donors (Lipinski definition) is 3. The molecule has 16 heavy (non-hydrogen) atoms. The topological polar surface area (TPSA) is 60.7 Å². The van der Waals surface area contributed by atoms with Crippen molar-refractivity contribution in [1.82, 2.24) is 15.3 Å². The van der Waals surface area contributed by atoms with Crippen LogP contribution in [-0.4, -0.2) is 22.6 Å². The Balaban J connectivity index is 1.74. The summed E-state index contributed by atoms with van der Waals surface area (Å²) in [7, 11) is 0. The lowest BCUT2D eigenvalue weighted by molar-refractivity contribution is 0.396. The third-order valence-electron chi connectivity index (χ3n) is 3.69. The first-order valence-electron chi connectivity index (χ1n) is 6.37. The van der Waals surface area contributed by atoms with Gasteiger partial charge in [-0.2, -0.15) is 0 Å². The maximum absolute atomic E-state index is 11.4. The molecule has 1 saturated carbocycles. The van der Waals surface area contributed by atoms with Gasteiger partial charge in [0.25, 0.3) is 0 Å². The van der Waals surface area contributed by atoms with E-state index in [9.17, 15) is 4.79 Å². The minimum Gasteiger partial charge on any atom is -0.314 e. The lowest BCUT2D eigenvalue weighted by Crippen LogP contribution is -2.35. The van der Waals surface area contributed by atoms with Crippen LogP contribution < -0.4 is 11.0 Å². The Morgan fingerprint density at radius 3 is 2.69 bits per heavy atom. The molecular weight excluding hydrogens is 202 g/mol. The second-order valence-electron chi connectivity index (χ2n) is 5.10. The van der Waals surface area contributed by atoms with Crippen molar-refractivity contribution in [2.24, 2.45) is 0 Å². The predicted octanol–water partition coefficient (Wildman–Crippen LogP) is 1.26. The molecule has 0 aromatic carbocycles. The molecule has 1 atom stereocenters. The van der Waals surface area contributed by atoms with Gasteiger partial charge in [-0.1, -0.05) is 6.42 Å². The summed E-state index contributed by atoms with van der Waals surface area (Å²) in [5, 5.41) is 3.53. The highest BCUT2D eigenvalue weighted by atomic mass is 16.1. The highest BCUT2D eigenvalue weighted by molar-refractivity contribution is 5.21. The molecule has 2 heterocycles. The van der Waals surface area contributed by atoms with Crippen LogP contribution in [0.15, 0.2) is 4.79 Å². The Hall–Kier alpha value is -1.03. The van der Waals surface area contributed by atoms with E-state index in [0.29, 0.717) is 12.0 Å². The number of imidazole rings is 1. The number of aromatic amines is 2. The van der Waals surface area contributed by atoms with Gasteiger partial charge in [-0.25, -0.2) is 4.79 Å². The smallest absolute Gasteiger partial charge is 0.314 e. The standard InChI is InChI=1S/C12H19N3O/c16-12-14-10(11(15-12)8-4-5-8)7-9-3-1-2-6-13-9/h8-9,13H,1-7H2,(H2,14,15,16). The largest absolute Gasteiger partial charge is 0.323 e. The highest BCUT2D eigenvalue weighted by Crippen LogP contribution is 2.40. The number of aromatic nitrogens is 2. The second kappa shape index (κ2) is 4.09. The van der Waals surface area contributed by atoms with Crippen LogP contribution in [-0.2, 0) is 6.42 Å². The van der Waals surface area contributed by atoms with Gasteiger partial charge < -0.3 is 15.3 Å². The number of H-pyrrole nitrogens is 2. The summed E-state index contributed by atoms with van der Waals surface area (Å²) in [6.45, 7) is 1.12. The molecule has 3 rings (SSSR count). The van der Waals surface area contributed by atoms with Crippen LogP contribution in [0.2, 0.25) is 0 Å². The van der Waals surface area contributed by atoms with E-state index in [4.69, 9.17) is 0 Å². The van der Waals surface area contributed by atoms with Crippen molar-refractivity contribution in [3.63, 3.8) is 0 Å². The van der Waals surface area contributed by atoms with E-state index in [1.807, 2.05) is 0 Å². The zero-order chi connectivity index (χ0) is 11.0. The summed E-state index contributed by atoms with van der Waals surface area (Å²) >= 11 is 0. The molecule has 1 aromatic rings. The van der Waals surface area contributed by atoms with Gasteiger partial charge >= 0.3 is 5.69 Å². The second-order valence-corrected chi connectivity index (χ2v) is 5.10. The molecule has 0 spiro atoms. The average Bonchev–Trinajstić information content (AvgIpc) is 3.06. The Kier molecular flexibility index (Phi) is 2.59. The van der Waals surface area contributed by atoms with Crippen LogP contribution in [0.5, 0.6) is 0 Å². The Bertz CT molecular complexity index is 410. The van der Waals surface area contributed by atoms with Crippen molar-refractivity contribution in [2.75, 3.05) is 6.54 Å². The monoisotopic (exact) mass is 221 g/mol. The predicted molar refractivity (Wildman–Crippen MR) is 62.7 cm³/mol. The zero-order valence-corrected chi connectivity index (χ0v) is 9.51. The fourth-order valence-corrected chi connectivity index (χ4v) is 2.66. The minimum atomic E-state index is -0.0345. The van der Waals surface area contributed by atoms with Gasteiger partial charge in [0.1, 0.15) is 0 Å². The molecule has 0 bridgehead atoms. The number of piperidine rings is 1. The van der Waals surface area contributed by atoms with E-state index >= 15 is 0 Å². The number of rotatable bonds is 3. The van der Waals surface area contributed by atoms with Crippen molar-refractivity contribution in [3.05, 3.63) is 21.9 Å². The van der Waals surface area contributed by atoms with Crippen molar-refractivity contribution >= 4 is 0 Å². The van der Waals surface area contributed by atoms with Crippen molar-refractivity contribution in [1.29, 1.82) is 0 Å². The van der Waals surface area contributed by atoms with E-state index in [2.05, 4.69) is 15.3 Å². The Morgan fingerprint density at radius 2 is 2.00 bits per heavy atom. The van der Waals surface area contributed by atoms with Gasteiger partial charge in [0.05, 0.1) is 0 Å². The van der Waals surface area contributed by atoms with E-state index in [-0.39, 0.29) is 5.69 Å². The van der Waals surface area contributed by atoms with Crippen LogP contribution in [0.3, 0.4) is 0 Å². The molecule has 1 aliphatic carbocycles. The molecule has 0 amide bonds. The summed E-state index contributed by atoms with van der Waals surface area (Å²) in [6, 6.07) is 0.553. The summed E-state index contributed by atoms with van der Waals surface area (Å²) < 4.78 is 0. The quantitative estimate of drug-likeness (QED) is 0.719. The van der Waals surface area contributed by atoms with E-state index < -0.39 is 0 Å². The lowest BCUT2D eigenvalue weighted by atomic mass is 9.99. The third-order valence-corrected chi connectivity index (χ3v) is 3.69. The molecule has 1 unspecified atom stereocenters. The molecule has 1 aromatic heterocycles. The first-order chi connectivity index (χ1) is 7.83. The molecule has 2 aliphatic rings. The molecule has 4 heteroatoms. The van der Waals surface area contributed by atoms with E-state index in [1.54, 1.807) is 0 Å². The normalized spacial score (nSPS) is 25.9. The molecule has 0 radical (unpaired) electrons. The van der Waals surface area contributed by atoms with Crippen LogP contribution in [0.25, 0.3) is 0 Å². The molecule has 1 saturated heterocycles. The van der Waals surface area contributed by atoms with Gasteiger partial charge in [0.2, 0.25) is 0 Å². The van der Waals surface area contributed by atoms with Crippen molar-refractivity contribution in [3.8, 4) is 0 Å². The number of nitrogens with one attached hydrogen (secondary N) is 3. The Morgan fingerprint density at radius 1 is 1.12 bits per heavy atom. The fraction of sp³-hybridized carbons (Fsp3) is 0.750. The minimum absolute atomic E-state index is 0.0345. The molecule has 3 N–H and O–H groups in total. The summed E-state index contributed by atoms with van der Waals surface area (Å²) in [5.41, 5.74) is 2.29. The maximum atomic E-state index is 11.4. The maximum Gasteiger partial charge on any atom is 0.323 e. The van der Waals surface area contributed by atoms with E-state index in [0.717, 1.165) is 18.7 Å². The third kappa shape index (κ3) is 2.07. The Labute approximate surface area is 94.8 Å². The molecule has 2 fully saturated rings. The molecule has 88 valence electrons. The summed E-state index contributed by atoms with van der Waals surface area (Å²) in [5.74, 6) is 0.623. The van der Waals surface area contributed by atoms with Crippen LogP contribution in [0.1, 0.15) is 49.4 Å². The van der Waals surface area contributed by atoms with Gasteiger partial charge in [-0.15, -0.1) is 0 Å². The van der Waals surface area contributed by atoms with Crippen LogP contribution in [0, 0.1) is 0 Å². The SMILES string of the molecule is O=c1[nH]c(CC2CCCCN2)c(C2CC2)[nH]1. The fourth-order valence-electron chi connectivity index (χ4n) is 2.66. The first kappa shape index (κ1) is 10.1. The van der Waals surface area contributed by atoms with Crippen LogP contribution >= 0.6 is 0 Å². The average molecular weight is 221 g/mol.